The number of hydrogen-bond donors (Lipinski definition) is 0. The Balaban J connectivity index is 2.22. The van der Waals surface area contributed by atoms with Crippen molar-refractivity contribution in [3.8, 4) is 0 Å². The largest absolute Gasteiger partial charge is 0.416 e. The van der Waals surface area contributed by atoms with Crippen molar-refractivity contribution in [3.63, 3.8) is 0 Å². The third kappa shape index (κ3) is 3.19. The molecule has 8 heteroatoms. The third-order valence-corrected chi connectivity index (χ3v) is 3.13. The number of fused-ring (bicyclic) bond motifs is 1. The van der Waals surface area contributed by atoms with Crippen molar-refractivity contribution in [1.29, 1.82) is 0 Å². The van der Waals surface area contributed by atoms with Crippen LogP contribution in [0, 0.1) is 0 Å². The van der Waals surface area contributed by atoms with Crippen molar-refractivity contribution >= 4 is 29.0 Å². The highest BCUT2D eigenvalue weighted by Crippen LogP contribution is 2.35. The maximum absolute atomic E-state index is 12.6. The number of rotatable bonds is 5. The van der Waals surface area contributed by atoms with Crippen molar-refractivity contribution in [2.75, 3.05) is 30.5 Å². The summed E-state index contributed by atoms with van der Waals surface area (Å²) < 4.78 is 43.0. The number of Topliss-reactive ketones (excluding diaryl/α,β-unsaturated/α-hetero) is 1. The van der Waals surface area contributed by atoms with Crippen LogP contribution in [0.4, 0.5) is 18.9 Å². The summed E-state index contributed by atoms with van der Waals surface area (Å²) in [5.41, 5.74) is -1.01. The summed E-state index contributed by atoms with van der Waals surface area (Å²) in [6.07, 6.45) is -4.56. The Labute approximate surface area is 123 Å². The monoisotopic (exact) mass is 321 g/mol. The van der Waals surface area contributed by atoms with Gasteiger partial charge in [0.25, 0.3) is 11.7 Å². The zero-order valence-electron chi connectivity index (χ0n) is 10.7. The number of carbonyl (C=O) groups is 2. The normalized spacial score (nSPS) is 14.8. The zero-order chi connectivity index (χ0) is 15.6. The van der Waals surface area contributed by atoms with Gasteiger partial charge in [0.05, 0.1) is 30.0 Å². The molecular formula is C13H11ClF3NO3. The fourth-order valence-electron chi connectivity index (χ4n) is 2.01. The summed E-state index contributed by atoms with van der Waals surface area (Å²) in [4.78, 5) is 24.7. The van der Waals surface area contributed by atoms with Crippen molar-refractivity contribution in [2.24, 2.45) is 0 Å². The Morgan fingerprint density at radius 3 is 2.52 bits per heavy atom. The van der Waals surface area contributed by atoms with Crippen LogP contribution in [0.1, 0.15) is 15.9 Å². The second-order valence-corrected chi connectivity index (χ2v) is 4.69. The molecule has 0 saturated carbocycles. The van der Waals surface area contributed by atoms with Crippen LogP contribution >= 0.6 is 11.6 Å². The van der Waals surface area contributed by atoms with E-state index in [0.29, 0.717) is 11.9 Å². The van der Waals surface area contributed by atoms with E-state index in [4.69, 9.17) is 16.3 Å². The van der Waals surface area contributed by atoms with Crippen molar-refractivity contribution in [2.45, 2.75) is 6.18 Å². The standard InChI is InChI=1S/C13H11ClF3NO3/c14-3-5-21-6-4-18-10-2-1-8(13(15,16)17)7-9(10)11(19)12(18)20/h1-2,7H,3-6H2. The molecule has 1 aromatic carbocycles. The Morgan fingerprint density at radius 2 is 1.90 bits per heavy atom. The second-order valence-electron chi connectivity index (χ2n) is 4.32. The van der Waals surface area contributed by atoms with E-state index in [1.165, 1.54) is 0 Å². The SMILES string of the molecule is O=C1C(=O)N(CCOCCCl)c2ccc(C(F)(F)F)cc21. The maximum Gasteiger partial charge on any atom is 0.416 e. The molecule has 114 valence electrons. The van der Waals surface area contributed by atoms with Gasteiger partial charge in [-0.25, -0.2) is 0 Å². The van der Waals surface area contributed by atoms with Gasteiger partial charge in [0.1, 0.15) is 0 Å². The first-order valence-electron chi connectivity index (χ1n) is 6.07. The van der Waals surface area contributed by atoms with Crippen LogP contribution in [0.15, 0.2) is 18.2 Å². The predicted molar refractivity (Wildman–Crippen MR) is 69.7 cm³/mol. The fourth-order valence-corrected chi connectivity index (χ4v) is 2.12. The lowest BCUT2D eigenvalue weighted by atomic mass is 10.1. The van der Waals surface area contributed by atoms with E-state index in [1.807, 2.05) is 0 Å². The summed E-state index contributed by atoms with van der Waals surface area (Å²) in [7, 11) is 0. The lowest BCUT2D eigenvalue weighted by Gasteiger charge is -2.16. The zero-order valence-corrected chi connectivity index (χ0v) is 11.5. The highest BCUT2D eigenvalue weighted by Gasteiger charge is 2.39. The molecular weight excluding hydrogens is 311 g/mol. The van der Waals surface area contributed by atoms with Crippen LogP contribution in [-0.4, -0.2) is 37.3 Å². The van der Waals surface area contributed by atoms with Crippen molar-refractivity contribution < 1.29 is 27.5 Å². The first kappa shape index (κ1) is 15.8. The smallest absolute Gasteiger partial charge is 0.378 e. The van der Waals surface area contributed by atoms with E-state index in [9.17, 15) is 22.8 Å². The molecule has 0 spiro atoms. The number of nitrogens with zero attached hydrogens (tertiary/aromatic N) is 1. The van der Waals surface area contributed by atoms with Gasteiger partial charge in [-0.1, -0.05) is 0 Å². The highest BCUT2D eigenvalue weighted by atomic mass is 35.5. The van der Waals surface area contributed by atoms with Gasteiger partial charge in [-0.15, -0.1) is 11.6 Å². The summed E-state index contributed by atoms with van der Waals surface area (Å²) in [5.74, 6) is -1.49. The molecule has 0 fully saturated rings. The summed E-state index contributed by atoms with van der Waals surface area (Å²) in [6.45, 7) is 0.517. The van der Waals surface area contributed by atoms with Gasteiger partial charge in [-0.05, 0) is 18.2 Å². The molecule has 1 aliphatic rings. The molecule has 0 N–H and O–H groups in total. The number of carbonyl (C=O) groups excluding carboxylic acids is 2. The molecule has 0 radical (unpaired) electrons. The van der Waals surface area contributed by atoms with E-state index < -0.39 is 23.4 Å². The van der Waals surface area contributed by atoms with Gasteiger partial charge < -0.3 is 9.64 Å². The van der Waals surface area contributed by atoms with Gasteiger partial charge in [-0.2, -0.15) is 13.2 Å². The lowest BCUT2D eigenvalue weighted by Crippen LogP contribution is -2.33. The van der Waals surface area contributed by atoms with Crippen LogP contribution < -0.4 is 4.90 Å². The molecule has 21 heavy (non-hydrogen) atoms. The quantitative estimate of drug-likeness (QED) is 0.475. The molecule has 0 aromatic heterocycles. The molecule has 1 heterocycles. The topological polar surface area (TPSA) is 46.6 Å². The molecule has 0 bridgehead atoms. The number of ketones is 1. The minimum absolute atomic E-state index is 0.0832. The molecule has 0 aliphatic carbocycles. The summed E-state index contributed by atoms with van der Waals surface area (Å²) in [6, 6.07) is 2.68. The molecule has 0 unspecified atom stereocenters. The van der Waals surface area contributed by atoms with E-state index in [0.717, 1.165) is 17.0 Å². The Hall–Kier alpha value is -1.60. The average molecular weight is 322 g/mol. The Bertz CT molecular complexity index is 574. The minimum Gasteiger partial charge on any atom is -0.378 e. The predicted octanol–water partition coefficient (Wildman–Crippen LogP) is 2.49. The average Bonchev–Trinajstić information content (AvgIpc) is 2.67. The summed E-state index contributed by atoms with van der Waals surface area (Å²) >= 11 is 5.42. The minimum atomic E-state index is -4.56. The van der Waals surface area contributed by atoms with E-state index >= 15 is 0 Å². The van der Waals surface area contributed by atoms with Crippen LogP contribution in [0.5, 0.6) is 0 Å². The van der Waals surface area contributed by atoms with Crippen LogP contribution in [-0.2, 0) is 15.7 Å². The van der Waals surface area contributed by atoms with Crippen LogP contribution in [0.25, 0.3) is 0 Å². The van der Waals surface area contributed by atoms with Gasteiger partial charge in [0, 0.05) is 12.4 Å². The van der Waals surface area contributed by atoms with Gasteiger partial charge in [0.15, 0.2) is 0 Å². The van der Waals surface area contributed by atoms with Gasteiger partial charge in [-0.3, -0.25) is 9.59 Å². The molecule has 1 amide bonds. The maximum atomic E-state index is 12.6. The van der Waals surface area contributed by atoms with E-state index in [2.05, 4.69) is 0 Å². The number of anilines is 1. The lowest BCUT2D eigenvalue weighted by molar-refractivity contribution is -0.137. The van der Waals surface area contributed by atoms with Crippen molar-refractivity contribution in [1.82, 2.24) is 0 Å². The molecule has 0 atom stereocenters. The molecule has 1 aromatic rings. The number of amides is 1. The second kappa shape index (κ2) is 6.03. The fraction of sp³-hybridized carbons (Fsp3) is 0.385. The highest BCUT2D eigenvalue weighted by molar-refractivity contribution is 6.52. The van der Waals surface area contributed by atoms with Crippen LogP contribution in [0.3, 0.4) is 0 Å². The molecule has 0 saturated heterocycles. The molecule has 1 aliphatic heterocycles. The van der Waals surface area contributed by atoms with E-state index in [1.54, 1.807) is 0 Å². The first-order chi connectivity index (χ1) is 9.86. The number of benzene rings is 1. The van der Waals surface area contributed by atoms with E-state index in [-0.39, 0.29) is 31.0 Å². The number of ether oxygens (including phenoxy) is 1. The number of alkyl halides is 4. The first-order valence-corrected chi connectivity index (χ1v) is 6.61. The Morgan fingerprint density at radius 1 is 1.19 bits per heavy atom. The number of halogens is 4. The summed E-state index contributed by atoms with van der Waals surface area (Å²) in [5, 5.41) is 0. The van der Waals surface area contributed by atoms with Crippen LogP contribution in [0.2, 0.25) is 0 Å². The van der Waals surface area contributed by atoms with Crippen molar-refractivity contribution in [3.05, 3.63) is 29.3 Å². The number of hydrogen-bond acceptors (Lipinski definition) is 3. The molecule has 4 nitrogen and oxygen atoms in total. The van der Waals surface area contributed by atoms with Gasteiger partial charge >= 0.3 is 6.18 Å². The third-order valence-electron chi connectivity index (χ3n) is 2.98. The van der Waals surface area contributed by atoms with Gasteiger partial charge in [0.2, 0.25) is 0 Å². The Kier molecular flexibility index (Phi) is 4.53. The molecule has 2 rings (SSSR count).